The SMILES string of the molecule is COc1c(OC2CCCN(C)C2)cccc1C(C)CN. The number of piperidine rings is 1. The van der Waals surface area contributed by atoms with E-state index in [1.807, 2.05) is 12.1 Å². The molecule has 20 heavy (non-hydrogen) atoms. The van der Waals surface area contributed by atoms with E-state index in [0.29, 0.717) is 6.54 Å². The fraction of sp³-hybridized carbons (Fsp3) is 0.625. The van der Waals surface area contributed by atoms with E-state index in [-0.39, 0.29) is 12.0 Å². The van der Waals surface area contributed by atoms with Crippen molar-refractivity contribution in [3.63, 3.8) is 0 Å². The molecule has 1 aromatic rings. The monoisotopic (exact) mass is 278 g/mol. The van der Waals surface area contributed by atoms with E-state index < -0.39 is 0 Å². The molecule has 2 N–H and O–H groups in total. The van der Waals surface area contributed by atoms with Crippen LogP contribution in [0.1, 0.15) is 31.2 Å². The number of ether oxygens (including phenoxy) is 2. The number of nitrogens with zero attached hydrogens (tertiary/aromatic N) is 1. The molecular weight excluding hydrogens is 252 g/mol. The van der Waals surface area contributed by atoms with E-state index in [1.54, 1.807) is 7.11 Å². The van der Waals surface area contributed by atoms with Crippen LogP contribution < -0.4 is 15.2 Å². The lowest BCUT2D eigenvalue weighted by Crippen LogP contribution is -2.38. The molecule has 112 valence electrons. The lowest BCUT2D eigenvalue weighted by molar-refractivity contribution is 0.101. The van der Waals surface area contributed by atoms with Crippen LogP contribution in [0.4, 0.5) is 0 Å². The van der Waals surface area contributed by atoms with E-state index in [1.165, 1.54) is 6.42 Å². The quantitative estimate of drug-likeness (QED) is 0.897. The van der Waals surface area contributed by atoms with Crippen LogP contribution in [0.5, 0.6) is 11.5 Å². The summed E-state index contributed by atoms with van der Waals surface area (Å²) in [5.41, 5.74) is 6.90. The molecule has 1 aromatic carbocycles. The summed E-state index contributed by atoms with van der Waals surface area (Å²) in [6.45, 7) is 4.84. The van der Waals surface area contributed by atoms with Gasteiger partial charge in [-0.05, 0) is 45.0 Å². The highest BCUT2D eigenvalue weighted by atomic mass is 16.5. The summed E-state index contributed by atoms with van der Waals surface area (Å²) >= 11 is 0. The molecule has 4 heteroatoms. The molecule has 0 aliphatic carbocycles. The standard InChI is InChI=1S/C16H26N2O2/c1-12(10-17)14-7-4-8-15(16(14)19-3)20-13-6-5-9-18(2)11-13/h4,7-8,12-13H,5-6,9-11,17H2,1-3H3. The Morgan fingerprint density at radius 3 is 2.90 bits per heavy atom. The van der Waals surface area contributed by atoms with E-state index >= 15 is 0 Å². The van der Waals surface area contributed by atoms with Gasteiger partial charge in [0.25, 0.3) is 0 Å². The number of hydrogen-bond acceptors (Lipinski definition) is 4. The van der Waals surface area contributed by atoms with E-state index in [9.17, 15) is 0 Å². The second kappa shape index (κ2) is 6.95. The summed E-state index contributed by atoms with van der Waals surface area (Å²) in [6.07, 6.45) is 2.53. The Balaban J connectivity index is 2.18. The minimum absolute atomic E-state index is 0.242. The number of nitrogens with two attached hydrogens (primary N) is 1. The molecule has 2 unspecified atom stereocenters. The molecule has 1 heterocycles. The molecule has 0 aromatic heterocycles. The topological polar surface area (TPSA) is 47.7 Å². The second-order valence-corrected chi connectivity index (χ2v) is 5.66. The van der Waals surface area contributed by atoms with Crippen molar-refractivity contribution in [2.45, 2.75) is 31.8 Å². The third-order valence-corrected chi connectivity index (χ3v) is 3.97. The molecule has 4 nitrogen and oxygen atoms in total. The first-order valence-corrected chi connectivity index (χ1v) is 7.37. The van der Waals surface area contributed by atoms with Crippen LogP contribution in [0.3, 0.4) is 0 Å². The van der Waals surface area contributed by atoms with Gasteiger partial charge < -0.3 is 20.1 Å². The van der Waals surface area contributed by atoms with Crippen LogP contribution in [0.25, 0.3) is 0 Å². The first-order chi connectivity index (χ1) is 9.65. The second-order valence-electron chi connectivity index (χ2n) is 5.66. The van der Waals surface area contributed by atoms with Crippen LogP contribution in [0.15, 0.2) is 18.2 Å². The van der Waals surface area contributed by atoms with Gasteiger partial charge in [-0.3, -0.25) is 0 Å². The zero-order valence-electron chi connectivity index (χ0n) is 12.8. The summed E-state index contributed by atoms with van der Waals surface area (Å²) in [5, 5.41) is 0. The third-order valence-electron chi connectivity index (χ3n) is 3.97. The molecule has 0 amide bonds. The number of likely N-dealkylation sites (N-methyl/N-ethyl adjacent to an activating group) is 1. The number of rotatable bonds is 5. The van der Waals surface area contributed by atoms with Crippen molar-refractivity contribution in [3.8, 4) is 11.5 Å². The normalized spacial score (nSPS) is 21.5. The highest BCUT2D eigenvalue weighted by Crippen LogP contribution is 2.36. The average Bonchev–Trinajstić information content (AvgIpc) is 2.46. The maximum Gasteiger partial charge on any atom is 0.164 e. The van der Waals surface area contributed by atoms with Gasteiger partial charge in [-0.2, -0.15) is 0 Å². The highest BCUT2D eigenvalue weighted by molar-refractivity contribution is 5.48. The number of likely N-dealkylation sites (tertiary alicyclic amines) is 1. The first-order valence-electron chi connectivity index (χ1n) is 7.37. The Bertz CT molecular complexity index is 436. The zero-order chi connectivity index (χ0) is 14.5. The highest BCUT2D eigenvalue weighted by Gasteiger charge is 2.21. The first kappa shape index (κ1) is 15.1. The van der Waals surface area contributed by atoms with Crippen molar-refractivity contribution in [2.75, 3.05) is 33.8 Å². The summed E-state index contributed by atoms with van der Waals surface area (Å²) in [4.78, 5) is 2.31. The van der Waals surface area contributed by atoms with E-state index in [4.69, 9.17) is 15.2 Å². The maximum atomic E-state index is 6.18. The summed E-state index contributed by atoms with van der Waals surface area (Å²) in [7, 11) is 3.83. The van der Waals surface area contributed by atoms with Gasteiger partial charge in [0, 0.05) is 12.1 Å². The molecule has 2 atom stereocenters. The minimum atomic E-state index is 0.242. The predicted molar refractivity (Wildman–Crippen MR) is 81.6 cm³/mol. The largest absolute Gasteiger partial charge is 0.493 e. The number of benzene rings is 1. The summed E-state index contributed by atoms with van der Waals surface area (Å²) in [5.74, 6) is 1.94. The molecular formula is C16H26N2O2. The predicted octanol–water partition coefficient (Wildman–Crippen LogP) is 2.23. The smallest absolute Gasteiger partial charge is 0.164 e. The van der Waals surface area contributed by atoms with Crippen molar-refractivity contribution in [2.24, 2.45) is 5.73 Å². The lowest BCUT2D eigenvalue weighted by atomic mass is 10.00. The number of hydrogen-bond donors (Lipinski definition) is 1. The van der Waals surface area contributed by atoms with Crippen LogP contribution in [-0.2, 0) is 0 Å². The van der Waals surface area contributed by atoms with Crippen molar-refractivity contribution < 1.29 is 9.47 Å². The van der Waals surface area contributed by atoms with Crippen LogP contribution >= 0.6 is 0 Å². The van der Waals surface area contributed by atoms with Crippen LogP contribution in [-0.4, -0.2) is 44.8 Å². The molecule has 0 spiro atoms. The Hall–Kier alpha value is -1.26. The van der Waals surface area contributed by atoms with Gasteiger partial charge in [0.15, 0.2) is 11.5 Å². The van der Waals surface area contributed by atoms with Gasteiger partial charge in [0.1, 0.15) is 6.10 Å². The van der Waals surface area contributed by atoms with Crippen molar-refractivity contribution in [3.05, 3.63) is 23.8 Å². The van der Waals surface area contributed by atoms with Gasteiger partial charge in [-0.15, -0.1) is 0 Å². The Morgan fingerprint density at radius 2 is 2.25 bits per heavy atom. The van der Waals surface area contributed by atoms with E-state index in [2.05, 4.69) is 24.9 Å². The van der Waals surface area contributed by atoms with Gasteiger partial charge in [0.05, 0.1) is 7.11 Å². The van der Waals surface area contributed by atoms with Crippen molar-refractivity contribution >= 4 is 0 Å². The molecule has 2 rings (SSSR count). The van der Waals surface area contributed by atoms with E-state index in [0.717, 1.165) is 36.6 Å². The van der Waals surface area contributed by atoms with Crippen LogP contribution in [0, 0.1) is 0 Å². The fourth-order valence-electron chi connectivity index (χ4n) is 2.75. The van der Waals surface area contributed by atoms with Gasteiger partial charge in [0.2, 0.25) is 0 Å². The molecule has 0 radical (unpaired) electrons. The Kier molecular flexibility index (Phi) is 5.26. The number of para-hydroxylation sites is 1. The molecule has 0 bridgehead atoms. The zero-order valence-corrected chi connectivity index (χ0v) is 12.8. The minimum Gasteiger partial charge on any atom is -0.493 e. The van der Waals surface area contributed by atoms with Gasteiger partial charge in [-0.1, -0.05) is 19.1 Å². The summed E-state index contributed by atoms with van der Waals surface area (Å²) < 4.78 is 11.7. The molecule has 0 saturated carbocycles. The summed E-state index contributed by atoms with van der Waals surface area (Å²) in [6, 6.07) is 6.07. The Morgan fingerprint density at radius 1 is 1.45 bits per heavy atom. The molecule has 1 fully saturated rings. The van der Waals surface area contributed by atoms with Crippen LogP contribution in [0.2, 0.25) is 0 Å². The fourth-order valence-corrected chi connectivity index (χ4v) is 2.75. The maximum absolute atomic E-state index is 6.18. The number of methoxy groups -OCH3 is 1. The van der Waals surface area contributed by atoms with Crippen molar-refractivity contribution in [1.29, 1.82) is 0 Å². The Labute approximate surface area is 121 Å². The van der Waals surface area contributed by atoms with Gasteiger partial charge in [-0.25, -0.2) is 0 Å². The average molecular weight is 278 g/mol. The molecule has 1 aliphatic rings. The molecule has 1 aliphatic heterocycles. The van der Waals surface area contributed by atoms with Gasteiger partial charge >= 0.3 is 0 Å². The third kappa shape index (κ3) is 3.44. The molecule has 1 saturated heterocycles. The van der Waals surface area contributed by atoms with Crippen molar-refractivity contribution in [1.82, 2.24) is 4.90 Å². The lowest BCUT2D eigenvalue weighted by Gasteiger charge is -2.30.